The summed E-state index contributed by atoms with van der Waals surface area (Å²) in [5.41, 5.74) is 1.60. The molecule has 0 aliphatic carbocycles. The summed E-state index contributed by atoms with van der Waals surface area (Å²) in [6.07, 6.45) is 1.00. The monoisotopic (exact) mass is 446 g/mol. The van der Waals surface area contributed by atoms with Crippen LogP contribution in [-0.4, -0.2) is 45.9 Å². The van der Waals surface area contributed by atoms with Gasteiger partial charge in [-0.05, 0) is 43.5 Å². The third kappa shape index (κ3) is 5.77. The quantitative estimate of drug-likeness (QED) is 0.673. The van der Waals surface area contributed by atoms with E-state index < -0.39 is 10.0 Å². The number of benzene rings is 2. The number of carbonyl (C=O) groups is 1. The second-order valence-corrected chi connectivity index (χ2v) is 9.72. The molecule has 1 amide bonds. The van der Waals surface area contributed by atoms with E-state index in [1.54, 1.807) is 14.2 Å². The van der Waals surface area contributed by atoms with Gasteiger partial charge >= 0.3 is 0 Å². The first-order valence-electron chi connectivity index (χ1n) is 10.4. The van der Waals surface area contributed by atoms with Crippen LogP contribution in [0.2, 0.25) is 0 Å². The van der Waals surface area contributed by atoms with E-state index in [1.807, 2.05) is 55.5 Å². The summed E-state index contributed by atoms with van der Waals surface area (Å²) in [6, 6.07) is 14.4. The number of nitrogens with zero attached hydrogens (tertiary/aromatic N) is 1. The molecule has 1 aliphatic heterocycles. The van der Waals surface area contributed by atoms with Gasteiger partial charge in [-0.15, -0.1) is 0 Å². The second-order valence-electron chi connectivity index (χ2n) is 7.75. The summed E-state index contributed by atoms with van der Waals surface area (Å²) < 4.78 is 37.6. The minimum absolute atomic E-state index is 0.0165. The molecule has 2 aromatic carbocycles. The molecular formula is C23H30N2O5S. The Morgan fingerprint density at radius 3 is 2.39 bits per heavy atom. The molecule has 0 saturated carbocycles. The van der Waals surface area contributed by atoms with Crippen molar-refractivity contribution in [2.45, 2.75) is 31.6 Å². The SMILES string of the molecule is COc1ccc(OC)c([C@H](C)NC(=O)C2CCN(S(=O)(=O)Cc3ccccc3)CC2)c1. The molecular weight excluding hydrogens is 416 g/mol. The Balaban J connectivity index is 1.58. The van der Waals surface area contributed by atoms with Gasteiger partial charge in [-0.1, -0.05) is 30.3 Å². The molecule has 1 heterocycles. The number of hydrogen-bond donors (Lipinski definition) is 1. The summed E-state index contributed by atoms with van der Waals surface area (Å²) in [4.78, 5) is 12.8. The van der Waals surface area contributed by atoms with Gasteiger partial charge in [0, 0.05) is 24.6 Å². The van der Waals surface area contributed by atoms with Crippen molar-refractivity contribution in [1.82, 2.24) is 9.62 Å². The maximum atomic E-state index is 12.8. The zero-order valence-electron chi connectivity index (χ0n) is 18.2. The zero-order chi connectivity index (χ0) is 22.4. The number of hydrogen-bond acceptors (Lipinski definition) is 5. The number of rotatable bonds is 8. The van der Waals surface area contributed by atoms with E-state index in [0.29, 0.717) is 37.4 Å². The summed E-state index contributed by atoms with van der Waals surface area (Å²) in [7, 11) is -0.217. The number of carbonyl (C=O) groups excluding carboxylic acids is 1. The molecule has 0 unspecified atom stereocenters. The van der Waals surface area contributed by atoms with Gasteiger partial charge < -0.3 is 14.8 Å². The van der Waals surface area contributed by atoms with Crippen molar-refractivity contribution in [2.24, 2.45) is 5.92 Å². The lowest BCUT2D eigenvalue weighted by molar-refractivity contribution is -0.126. The molecule has 1 aliphatic rings. The van der Waals surface area contributed by atoms with Crippen molar-refractivity contribution in [2.75, 3.05) is 27.3 Å². The molecule has 7 nitrogen and oxygen atoms in total. The molecule has 0 aromatic heterocycles. The van der Waals surface area contributed by atoms with Crippen LogP contribution in [0.3, 0.4) is 0 Å². The number of sulfonamides is 1. The van der Waals surface area contributed by atoms with Crippen molar-refractivity contribution in [3.63, 3.8) is 0 Å². The van der Waals surface area contributed by atoms with Gasteiger partial charge in [0.2, 0.25) is 15.9 Å². The van der Waals surface area contributed by atoms with Crippen molar-refractivity contribution in [1.29, 1.82) is 0 Å². The first kappa shape index (κ1) is 23.1. The standard InChI is InChI=1S/C23H30N2O5S/c1-17(21-15-20(29-2)9-10-22(21)30-3)24-23(26)19-11-13-25(14-12-19)31(27,28)16-18-7-5-4-6-8-18/h4-10,15,17,19H,11-14,16H2,1-3H3,(H,24,26)/t17-/m0/s1. The van der Waals surface area contributed by atoms with E-state index in [9.17, 15) is 13.2 Å². The Morgan fingerprint density at radius 1 is 1.10 bits per heavy atom. The van der Waals surface area contributed by atoms with Crippen LogP contribution in [0.1, 0.15) is 36.9 Å². The number of methoxy groups -OCH3 is 2. The maximum absolute atomic E-state index is 12.8. The summed E-state index contributed by atoms with van der Waals surface area (Å²) in [5, 5.41) is 3.04. The van der Waals surface area contributed by atoms with Gasteiger partial charge in [0.1, 0.15) is 11.5 Å². The lowest BCUT2D eigenvalue weighted by Gasteiger charge is -2.31. The van der Waals surface area contributed by atoms with E-state index in [-0.39, 0.29) is 23.6 Å². The predicted octanol–water partition coefficient (Wildman–Crippen LogP) is 3.12. The van der Waals surface area contributed by atoms with Crippen LogP contribution in [0, 0.1) is 5.92 Å². The molecule has 0 spiro atoms. The normalized spacial score (nSPS) is 16.5. The first-order chi connectivity index (χ1) is 14.8. The molecule has 168 valence electrons. The smallest absolute Gasteiger partial charge is 0.223 e. The van der Waals surface area contributed by atoms with Gasteiger partial charge in [-0.3, -0.25) is 4.79 Å². The third-order valence-corrected chi connectivity index (χ3v) is 7.52. The van der Waals surface area contributed by atoms with Gasteiger partial charge in [0.05, 0.1) is 26.0 Å². The Hall–Kier alpha value is -2.58. The molecule has 3 rings (SSSR count). The summed E-state index contributed by atoms with van der Waals surface area (Å²) in [5.74, 6) is 1.06. The van der Waals surface area contributed by atoms with E-state index in [0.717, 1.165) is 11.1 Å². The molecule has 0 bridgehead atoms. The molecule has 1 atom stereocenters. The van der Waals surface area contributed by atoms with Crippen molar-refractivity contribution >= 4 is 15.9 Å². The fourth-order valence-corrected chi connectivity index (χ4v) is 5.42. The first-order valence-corrected chi connectivity index (χ1v) is 12.0. The minimum Gasteiger partial charge on any atom is -0.497 e. The number of ether oxygens (including phenoxy) is 2. The van der Waals surface area contributed by atoms with Gasteiger partial charge in [-0.2, -0.15) is 0 Å². The molecule has 0 radical (unpaired) electrons. The van der Waals surface area contributed by atoms with Gasteiger partial charge in [0.25, 0.3) is 0 Å². The highest BCUT2D eigenvalue weighted by atomic mass is 32.2. The minimum atomic E-state index is -3.40. The summed E-state index contributed by atoms with van der Waals surface area (Å²) in [6.45, 7) is 2.60. The number of amides is 1. The Morgan fingerprint density at radius 2 is 1.77 bits per heavy atom. The van der Waals surface area contributed by atoms with Crippen LogP contribution < -0.4 is 14.8 Å². The van der Waals surface area contributed by atoms with E-state index in [4.69, 9.17) is 9.47 Å². The maximum Gasteiger partial charge on any atom is 0.223 e. The highest BCUT2D eigenvalue weighted by molar-refractivity contribution is 7.88. The average Bonchev–Trinajstić information content (AvgIpc) is 2.79. The van der Waals surface area contributed by atoms with Crippen molar-refractivity contribution < 1.29 is 22.7 Å². The van der Waals surface area contributed by atoms with Crippen LogP contribution in [0.15, 0.2) is 48.5 Å². The van der Waals surface area contributed by atoms with Gasteiger partial charge in [0.15, 0.2) is 0 Å². The molecule has 2 aromatic rings. The second kappa shape index (κ2) is 10.2. The van der Waals surface area contributed by atoms with Crippen LogP contribution in [0.25, 0.3) is 0 Å². The highest BCUT2D eigenvalue weighted by Crippen LogP contribution is 2.30. The fourth-order valence-electron chi connectivity index (χ4n) is 3.86. The molecule has 1 fully saturated rings. The number of nitrogens with one attached hydrogen (secondary N) is 1. The fraction of sp³-hybridized carbons (Fsp3) is 0.435. The topological polar surface area (TPSA) is 84.9 Å². The molecule has 31 heavy (non-hydrogen) atoms. The van der Waals surface area contributed by atoms with E-state index in [1.165, 1.54) is 4.31 Å². The Bertz CT molecular complexity index is 986. The van der Waals surface area contributed by atoms with E-state index in [2.05, 4.69) is 5.32 Å². The molecule has 8 heteroatoms. The molecule has 1 N–H and O–H groups in total. The largest absolute Gasteiger partial charge is 0.497 e. The van der Waals surface area contributed by atoms with E-state index >= 15 is 0 Å². The van der Waals surface area contributed by atoms with Crippen LogP contribution in [0.4, 0.5) is 0 Å². The average molecular weight is 447 g/mol. The van der Waals surface area contributed by atoms with Crippen molar-refractivity contribution in [3.8, 4) is 11.5 Å². The lowest BCUT2D eigenvalue weighted by Crippen LogP contribution is -2.43. The third-order valence-electron chi connectivity index (χ3n) is 5.67. The Labute approximate surface area is 184 Å². The number of piperidine rings is 1. The Kier molecular flexibility index (Phi) is 7.56. The van der Waals surface area contributed by atoms with Crippen LogP contribution >= 0.6 is 0 Å². The zero-order valence-corrected chi connectivity index (χ0v) is 19.0. The highest BCUT2D eigenvalue weighted by Gasteiger charge is 2.31. The van der Waals surface area contributed by atoms with Crippen LogP contribution in [-0.2, 0) is 20.6 Å². The lowest BCUT2D eigenvalue weighted by atomic mass is 9.96. The molecule has 1 saturated heterocycles. The summed E-state index contributed by atoms with van der Waals surface area (Å²) >= 11 is 0. The van der Waals surface area contributed by atoms with Crippen LogP contribution in [0.5, 0.6) is 11.5 Å². The van der Waals surface area contributed by atoms with Gasteiger partial charge in [-0.25, -0.2) is 12.7 Å². The predicted molar refractivity (Wildman–Crippen MR) is 119 cm³/mol. The van der Waals surface area contributed by atoms with Crippen molar-refractivity contribution in [3.05, 3.63) is 59.7 Å².